The van der Waals surface area contributed by atoms with E-state index in [1.54, 1.807) is 12.1 Å². The van der Waals surface area contributed by atoms with Crippen molar-refractivity contribution in [2.24, 2.45) is 0 Å². The summed E-state index contributed by atoms with van der Waals surface area (Å²) in [5.74, 6) is 0.293. The molecule has 0 spiro atoms. The molecular formula is C20H18N2O. The molecule has 0 radical (unpaired) electrons. The van der Waals surface area contributed by atoms with Crippen LogP contribution in [0.5, 0.6) is 5.75 Å². The van der Waals surface area contributed by atoms with Gasteiger partial charge in [-0.15, -0.1) is 0 Å². The fourth-order valence-electron chi connectivity index (χ4n) is 3.44. The number of hydrogen-bond donors (Lipinski definition) is 1. The number of nitrogens with zero attached hydrogens (tertiary/aromatic N) is 2. The molecule has 0 aliphatic rings. The maximum Gasteiger partial charge on any atom is 0.116 e. The van der Waals surface area contributed by atoms with Crippen LogP contribution in [0.15, 0.2) is 48.7 Å². The largest absolute Gasteiger partial charge is 0.508 e. The number of aromatic hydroxyl groups is 1. The van der Waals surface area contributed by atoms with Crippen molar-refractivity contribution in [1.29, 1.82) is 0 Å². The van der Waals surface area contributed by atoms with Crippen LogP contribution in [0.25, 0.3) is 27.4 Å². The number of phenolic OH excluding ortho intramolecular Hbond substituents is 1. The first-order valence-corrected chi connectivity index (χ1v) is 7.73. The van der Waals surface area contributed by atoms with E-state index in [4.69, 9.17) is 5.10 Å². The number of rotatable bonds is 1. The highest BCUT2D eigenvalue weighted by Gasteiger charge is 2.12. The topological polar surface area (TPSA) is 38.0 Å². The van der Waals surface area contributed by atoms with E-state index >= 15 is 0 Å². The first-order chi connectivity index (χ1) is 11.0. The molecule has 0 atom stereocenters. The summed E-state index contributed by atoms with van der Waals surface area (Å²) in [7, 11) is 0. The first kappa shape index (κ1) is 13.8. The van der Waals surface area contributed by atoms with Gasteiger partial charge in [-0.3, -0.25) is 0 Å². The van der Waals surface area contributed by atoms with Crippen molar-refractivity contribution in [1.82, 2.24) is 9.78 Å². The predicted octanol–water partition coefficient (Wildman–Crippen LogP) is 4.81. The molecule has 1 N–H and O–H groups in total. The van der Waals surface area contributed by atoms with E-state index in [-0.39, 0.29) is 0 Å². The minimum absolute atomic E-state index is 0.293. The van der Waals surface area contributed by atoms with Gasteiger partial charge in [0.05, 0.1) is 5.69 Å². The maximum absolute atomic E-state index is 9.75. The molecule has 1 heterocycles. The molecule has 3 nitrogen and oxygen atoms in total. The molecule has 23 heavy (non-hydrogen) atoms. The van der Waals surface area contributed by atoms with Gasteiger partial charge in [0.25, 0.3) is 0 Å². The zero-order valence-electron chi connectivity index (χ0n) is 13.5. The van der Waals surface area contributed by atoms with Crippen molar-refractivity contribution < 1.29 is 5.11 Å². The number of hydrogen-bond acceptors (Lipinski definition) is 2. The zero-order chi connectivity index (χ0) is 16.1. The van der Waals surface area contributed by atoms with E-state index in [9.17, 15) is 5.11 Å². The Morgan fingerprint density at radius 3 is 2.30 bits per heavy atom. The third-order valence-electron chi connectivity index (χ3n) is 4.43. The molecule has 0 fully saturated rings. The third-order valence-corrected chi connectivity index (χ3v) is 4.43. The highest BCUT2D eigenvalue weighted by Crippen LogP contribution is 2.30. The van der Waals surface area contributed by atoms with Crippen molar-refractivity contribution >= 4 is 21.7 Å². The SMILES string of the molecule is Cc1cc(O)cc(C)c1-n1cc2ccc3cccc(C)c3c2n1. The number of aromatic nitrogens is 2. The minimum Gasteiger partial charge on any atom is -0.508 e. The van der Waals surface area contributed by atoms with Crippen LogP contribution < -0.4 is 0 Å². The van der Waals surface area contributed by atoms with E-state index in [2.05, 4.69) is 43.5 Å². The Bertz CT molecular complexity index is 1040. The van der Waals surface area contributed by atoms with Crippen LogP contribution in [0.2, 0.25) is 0 Å². The van der Waals surface area contributed by atoms with Gasteiger partial charge in [0.15, 0.2) is 0 Å². The zero-order valence-corrected chi connectivity index (χ0v) is 13.5. The number of aryl methyl sites for hydroxylation is 3. The fourth-order valence-corrected chi connectivity index (χ4v) is 3.44. The molecular weight excluding hydrogens is 284 g/mol. The van der Waals surface area contributed by atoms with Crippen molar-refractivity contribution in [3.63, 3.8) is 0 Å². The molecule has 1 aromatic heterocycles. The molecule has 4 aromatic rings. The standard InChI is InChI=1S/C20H18N2O/c1-12-5-4-6-15-7-8-16-11-22(21-19(16)18(12)15)20-13(2)9-17(23)10-14(20)3/h4-11,23H,1-3H3. The predicted molar refractivity (Wildman–Crippen MR) is 94.5 cm³/mol. The summed E-state index contributed by atoms with van der Waals surface area (Å²) < 4.78 is 1.93. The highest BCUT2D eigenvalue weighted by molar-refractivity contribution is 6.06. The van der Waals surface area contributed by atoms with Gasteiger partial charge in [-0.2, -0.15) is 5.10 Å². The second-order valence-electron chi connectivity index (χ2n) is 6.18. The van der Waals surface area contributed by atoms with Gasteiger partial charge >= 0.3 is 0 Å². The van der Waals surface area contributed by atoms with Crippen molar-refractivity contribution in [3.8, 4) is 11.4 Å². The molecule has 0 amide bonds. The van der Waals surface area contributed by atoms with Crippen LogP contribution >= 0.6 is 0 Å². The first-order valence-electron chi connectivity index (χ1n) is 7.73. The Hall–Kier alpha value is -2.81. The Balaban J connectivity index is 2.06. The van der Waals surface area contributed by atoms with E-state index in [1.165, 1.54) is 16.3 Å². The van der Waals surface area contributed by atoms with Crippen LogP contribution in [0.3, 0.4) is 0 Å². The molecule has 4 rings (SSSR count). The monoisotopic (exact) mass is 302 g/mol. The molecule has 114 valence electrons. The van der Waals surface area contributed by atoms with Crippen molar-refractivity contribution in [2.45, 2.75) is 20.8 Å². The van der Waals surface area contributed by atoms with Gasteiger partial charge in [0, 0.05) is 17.0 Å². The van der Waals surface area contributed by atoms with Crippen LogP contribution in [0, 0.1) is 20.8 Å². The van der Waals surface area contributed by atoms with E-state index in [1.807, 2.05) is 18.5 Å². The molecule has 0 aliphatic heterocycles. The molecule has 0 saturated heterocycles. The summed E-state index contributed by atoms with van der Waals surface area (Å²) in [6.45, 7) is 6.12. The van der Waals surface area contributed by atoms with Gasteiger partial charge in [0.1, 0.15) is 11.3 Å². The number of phenols is 1. The van der Waals surface area contributed by atoms with E-state index in [0.717, 1.165) is 27.7 Å². The summed E-state index contributed by atoms with van der Waals surface area (Å²) in [6.07, 6.45) is 2.06. The Morgan fingerprint density at radius 1 is 0.870 bits per heavy atom. The van der Waals surface area contributed by atoms with E-state index in [0.29, 0.717) is 5.75 Å². The Labute approximate surface area is 134 Å². The van der Waals surface area contributed by atoms with Gasteiger partial charge in [-0.1, -0.05) is 30.3 Å². The Morgan fingerprint density at radius 2 is 1.57 bits per heavy atom. The molecule has 0 bridgehead atoms. The third kappa shape index (κ3) is 2.08. The summed E-state index contributed by atoms with van der Waals surface area (Å²) in [4.78, 5) is 0. The molecule has 3 aromatic carbocycles. The van der Waals surface area contributed by atoms with Crippen molar-refractivity contribution in [2.75, 3.05) is 0 Å². The lowest BCUT2D eigenvalue weighted by atomic mass is 10.0. The van der Waals surface area contributed by atoms with Gasteiger partial charge < -0.3 is 5.11 Å². The summed E-state index contributed by atoms with van der Waals surface area (Å²) in [6, 6.07) is 14.1. The Kier molecular flexibility index (Phi) is 2.91. The van der Waals surface area contributed by atoms with Gasteiger partial charge in [-0.05, 0) is 55.0 Å². The second-order valence-corrected chi connectivity index (χ2v) is 6.18. The minimum atomic E-state index is 0.293. The summed E-state index contributed by atoms with van der Waals surface area (Å²) in [5, 5.41) is 18.2. The molecule has 0 saturated carbocycles. The average molecular weight is 302 g/mol. The number of fused-ring (bicyclic) bond motifs is 3. The lowest BCUT2D eigenvalue weighted by Crippen LogP contribution is -2.00. The highest BCUT2D eigenvalue weighted by atomic mass is 16.3. The summed E-state index contributed by atoms with van der Waals surface area (Å²) >= 11 is 0. The van der Waals surface area contributed by atoms with Crippen molar-refractivity contribution in [3.05, 3.63) is 65.4 Å². The second kappa shape index (κ2) is 4.85. The molecule has 0 aliphatic carbocycles. The lowest BCUT2D eigenvalue weighted by molar-refractivity contribution is 0.474. The summed E-state index contributed by atoms with van der Waals surface area (Å²) in [5.41, 5.74) is 5.30. The lowest BCUT2D eigenvalue weighted by Gasteiger charge is -2.10. The van der Waals surface area contributed by atoms with Gasteiger partial charge in [0.2, 0.25) is 0 Å². The molecule has 0 unspecified atom stereocenters. The smallest absolute Gasteiger partial charge is 0.116 e. The fraction of sp³-hybridized carbons (Fsp3) is 0.150. The quantitative estimate of drug-likeness (QED) is 0.548. The van der Waals surface area contributed by atoms with Crippen LogP contribution in [0.4, 0.5) is 0 Å². The maximum atomic E-state index is 9.75. The van der Waals surface area contributed by atoms with Crippen LogP contribution in [-0.2, 0) is 0 Å². The van der Waals surface area contributed by atoms with Gasteiger partial charge in [-0.25, -0.2) is 4.68 Å². The van der Waals surface area contributed by atoms with E-state index < -0.39 is 0 Å². The van der Waals surface area contributed by atoms with Crippen LogP contribution in [0.1, 0.15) is 16.7 Å². The molecule has 3 heteroatoms. The normalized spacial score (nSPS) is 11.4. The average Bonchev–Trinajstić information content (AvgIpc) is 2.89. The number of benzene rings is 3. The van der Waals surface area contributed by atoms with Crippen LogP contribution in [-0.4, -0.2) is 14.9 Å².